The molecule has 3 amide bonds. The number of aryl methyl sites for hydroxylation is 1. The zero-order valence-electron chi connectivity index (χ0n) is 63.6. The SMILES string of the molecule is C.CC(=O)N(C)c1ccc(-c2cnc(-c3ccc(N)cc3)s2)c(S(=O)(=O)NC(C)(C)C)c1.CC(=O)N(C)c1ccc(-c2cnc(-c3ccc(NC(=S)NC(C)C)cc3)s2)c(S(=O)(=O)NC(C)(C)C)c1.CC(=O)N(C)c1ccc(C)c(S(=O)(=O)NC(C)(C)C)c1.CC(C)SC#N.Nc1ccc(-c2ncc(Br)s2)cc1. The summed E-state index contributed by atoms with van der Waals surface area (Å²) in [5.41, 5.74) is 17.8. The average Bonchev–Trinajstić information content (AvgIpc) is 1.29. The van der Waals surface area contributed by atoms with Crippen LogP contribution in [0.5, 0.6) is 0 Å². The normalized spacial score (nSPS) is 11.5. The molecule has 0 atom stereocenters. The molecule has 582 valence electrons. The summed E-state index contributed by atoms with van der Waals surface area (Å²) in [5.74, 6) is -0.539. The van der Waals surface area contributed by atoms with Gasteiger partial charge in [-0.15, -0.1) is 34.0 Å². The van der Waals surface area contributed by atoms with Crippen LogP contribution in [0.3, 0.4) is 0 Å². The first-order valence-electron chi connectivity index (χ1n) is 33.2. The van der Waals surface area contributed by atoms with Crippen LogP contribution in [0, 0.1) is 17.6 Å². The van der Waals surface area contributed by atoms with Gasteiger partial charge in [-0.05, 0) is 238 Å². The monoisotopic (exact) mass is 1690 g/mol. The van der Waals surface area contributed by atoms with Crippen LogP contribution in [0.1, 0.15) is 124 Å². The van der Waals surface area contributed by atoms with Crippen LogP contribution in [-0.2, 0) is 44.5 Å². The molecule has 0 bridgehead atoms. The van der Waals surface area contributed by atoms with Crippen LogP contribution < -0.4 is 51.0 Å². The molecule has 0 fully saturated rings. The topological polar surface area (TPSA) is 338 Å². The number of nitrogens with one attached hydrogen (secondary N) is 5. The van der Waals surface area contributed by atoms with E-state index < -0.39 is 46.7 Å². The van der Waals surface area contributed by atoms with Crippen molar-refractivity contribution in [2.45, 2.75) is 168 Å². The smallest absolute Gasteiger partial charge is 0.241 e. The lowest BCUT2D eigenvalue weighted by Gasteiger charge is -2.23. The number of sulfonamides is 3. The average molecular weight is 1690 g/mol. The predicted molar refractivity (Wildman–Crippen MR) is 458 cm³/mol. The molecule has 0 saturated carbocycles. The lowest BCUT2D eigenvalue weighted by Crippen LogP contribution is -2.40. The number of nitrogen functional groups attached to an aromatic ring is 2. The van der Waals surface area contributed by atoms with Gasteiger partial charge in [-0.3, -0.25) is 14.4 Å². The quantitative estimate of drug-likeness (QED) is 0.0253. The summed E-state index contributed by atoms with van der Waals surface area (Å²) in [7, 11) is -6.55. The minimum atomic E-state index is -3.90. The highest BCUT2D eigenvalue weighted by molar-refractivity contribution is 9.11. The van der Waals surface area contributed by atoms with Gasteiger partial charge in [-0.25, -0.2) is 54.4 Å². The number of anilines is 6. The van der Waals surface area contributed by atoms with Gasteiger partial charge in [0.2, 0.25) is 47.8 Å². The summed E-state index contributed by atoms with van der Waals surface area (Å²) >= 11 is 14.4. The molecule has 0 aliphatic rings. The molecule has 3 heterocycles. The summed E-state index contributed by atoms with van der Waals surface area (Å²) in [6.45, 7) is 30.1. The Kier molecular flexibility index (Phi) is 33.8. The number of thiocarbonyl (C=S) groups is 1. The molecule has 9 rings (SSSR count). The number of amides is 3. The molecule has 108 heavy (non-hydrogen) atoms. The maximum atomic E-state index is 13.4. The number of carbonyl (C=O) groups is 3. The largest absolute Gasteiger partial charge is 0.399 e. The Balaban J connectivity index is 0.000000311. The van der Waals surface area contributed by atoms with Gasteiger partial charge in [-0.2, -0.15) is 5.26 Å². The molecule has 0 aliphatic heterocycles. The van der Waals surface area contributed by atoms with Crippen LogP contribution >= 0.6 is 73.9 Å². The highest BCUT2D eigenvalue weighted by Gasteiger charge is 2.30. The van der Waals surface area contributed by atoms with E-state index in [0.717, 1.165) is 46.9 Å². The minimum absolute atomic E-state index is 0. The minimum Gasteiger partial charge on any atom is -0.399 e. The van der Waals surface area contributed by atoms with Gasteiger partial charge in [-0.1, -0.05) is 39.5 Å². The Hall–Kier alpha value is -8.04. The van der Waals surface area contributed by atoms with Crippen LogP contribution in [0.25, 0.3) is 52.6 Å². The number of hydrogen-bond donors (Lipinski definition) is 7. The van der Waals surface area contributed by atoms with Gasteiger partial charge in [0.15, 0.2) is 5.11 Å². The lowest BCUT2D eigenvalue weighted by molar-refractivity contribution is -0.117. The van der Waals surface area contributed by atoms with E-state index in [0.29, 0.717) is 59.6 Å². The Morgan fingerprint density at radius 2 is 0.852 bits per heavy atom. The van der Waals surface area contributed by atoms with E-state index in [-0.39, 0.29) is 45.9 Å². The number of nitrogens with zero attached hydrogens (tertiary/aromatic N) is 7. The maximum Gasteiger partial charge on any atom is 0.241 e. The van der Waals surface area contributed by atoms with Crippen LogP contribution in [0.2, 0.25) is 0 Å². The van der Waals surface area contributed by atoms with Crippen molar-refractivity contribution in [3.63, 3.8) is 0 Å². The number of aromatic nitrogens is 3. The second-order valence-corrected chi connectivity index (χ2v) is 39.2. The second kappa shape index (κ2) is 39.5. The van der Waals surface area contributed by atoms with Crippen LogP contribution in [0.4, 0.5) is 34.1 Å². The van der Waals surface area contributed by atoms with Crippen LogP contribution in [0.15, 0.2) is 164 Å². The third-order valence-corrected chi connectivity index (χ3v) is 24.3. The fraction of sp³-hybridized carbons (Fsp3) is 0.342. The van der Waals surface area contributed by atoms with E-state index in [1.165, 1.54) is 88.1 Å². The van der Waals surface area contributed by atoms with Gasteiger partial charge >= 0.3 is 0 Å². The number of hydrogen-bond acceptors (Lipinski definition) is 20. The Bertz CT molecular complexity index is 4970. The highest BCUT2D eigenvalue weighted by atomic mass is 79.9. The number of halogens is 1. The number of thiazole rings is 3. The molecule has 32 heteroatoms. The van der Waals surface area contributed by atoms with E-state index in [9.17, 15) is 39.6 Å². The van der Waals surface area contributed by atoms with Crippen molar-refractivity contribution >= 4 is 161 Å². The first kappa shape index (κ1) is 92.3. The molecule has 3 aromatic heterocycles. The third-order valence-electron chi connectivity index (χ3n) is 14.3. The molecule has 6 aromatic carbocycles. The lowest BCUT2D eigenvalue weighted by atomic mass is 10.1. The zero-order valence-corrected chi connectivity index (χ0v) is 71.7. The predicted octanol–water partition coefficient (Wildman–Crippen LogP) is 16.8. The summed E-state index contributed by atoms with van der Waals surface area (Å²) in [6, 6.07) is 37.9. The van der Waals surface area contributed by atoms with Gasteiger partial charge in [0, 0.05) is 144 Å². The molecule has 9 N–H and O–H groups in total. The fourth-order valence-electron chi connectivity index (χ4n) is 9.23. The molecule has 0 aliphatic carbocycles. The molecule has 0 radical (unpaired) electrons. The molecule has 0 unspecified atom stereocenters. The standard InChI is InChI=1S/C26H33N5O3S3.C22H26N4O3S2.C14H22N2O3S.C9H7BrN2S.C4H7NS.CH4/c1-16(2)28-25(35)29-19-10-8-18(9-11-19)24-27-15-22(36-24)21-13-12-20(31(7)17(3)32)14-23(21)37(33,34)30-26(4,5)6;1-14(27)26(5)17-10-11-18(20(12-17)31(28,29)25-22(2,3)4)19-13-24-21(30-19)15-6-8-16(23)9-7-15;1-10-7-8-12(16(6)11(2)17)9-13(10)20(18,19)15-14(3,4)5;10-8-5-12-9(13-8)6-1-3-7(11)4-2-6;1-4(2)6-3-5;/h8-16,30H,1-7H3,(H2,28,29,35);6-13,25H,23H2,1-5H3;7-9,15H,1-6H3;1-5H,11H2;4H,1-2H3;1H4. The summed E-state index contributed by atoms with van der Waals surface area (Å²) in [6.07, 6.45) is 5.14. The second-order valence-electron chi connectivity index (χ2n) is 28.0. The summed E-state index contributed by atoms with van der Waals surface area (Å²) in [4.78, 5) is 54.4. The van der Waals surface area contributed by atoms with Crippen molar-refractivity contribution in [1.29, 1.82) is 5.26 Å². The molecule has 9 aromatic rings. The molecular weight excluding hydrogens is 1590 g/mol. The first-order valence-corrected chi connectivity index (χ1v) is 42.2. The number of thiocyanates is 1. The molecule has 23 nitrogen and oxygen atoms in total. The molecular formula is C76H99BrN14O9S8. The number of thioether (sulfide) groups is 1. The van der Waals surface area contributed by atoms with Gasteiger partial charge in [0.05, 0.1) is 34.4 Å². The van der Waals surface area contributed by atoms with Gasteiger partial charge in [0.1, 0.15) is 20.4 Å². The van der Waals surface area contributed by atoms with E-state index in [1.54, 1.807) is 169 Å². The number of nitriles is 1. The van der Waals surface area contributed by atoms with E-state index in [1.807, 2.05) is 93.8 Å². The van der Waals surface area contributed by atoms with E-state index in [2.05, 4.69) is 55.7 Å². The molecule has 0 saturated heterocycles. The third kappa shape index (κ3) is 28.8. The maximum absolute atomic E-state index is 13.4. The van der Waals surface area contributed by atoms with E-state index >= 15 is 0 Å². The molecule has 0 spiro atoms. The Morgan fingerprint density at radius 3 is 1.16 bits per heavy atom. The van der Waals surface area contributed by atoms with E-state index in [4.69, 9.17) is 28.9 Å². The number of benzene rings is 6. The number of nitrogens with two attached hydrogens (primary N) is 2. The van der Waals surface area contributed by atoms with Crippen molar-refractivity contribution in [3.8, 4) is 58.0 Å². The Morgan fingerprint density at radius 1 is 0.528 bits per heavy atom. The highest BCUT2D eigenvalue weighted by Crippen LogP contribution is 2.40. The van der Waals surface area contributed by atoms with Gasteiger partial charge in [0.25, 0.3) is 0 Å². The van der Waals surface area contributed by atoms with Crippen molar-refractivity contribution in [1.82, 2.24) is 34.4 Å². The number of carbonyl (C=O) groups excluding carboxylic acids is 3. The summed E-state index contributed by atoms with van der Waals surface area (Å²) < 4.78 is 87.2. The van der Waals surface area contributed by atoms with Crippen molar-refractivity contribution < 1.29 is 39.6 Å². The van der Waals surface area contributed by atoms with Crippen molar-refractivity contribution in [3.05, 3.63) is 155 Å². The van der Waals surface area contributed by atoms with Crippen molar-refractivity contribution in [2.75, 3.05) is 52.6 Å². The first-order chi connectivity index (χ1) is 49.5. The van der Waals surface area contributed by atoms with Crippen LogP contribution in [-0.4, -0.2) is 112 Å². The van der Waals surface area contributed by atoms with Crippen molar-refractivity contribution in [2.24, 2.45) is 0 Å². The fourth-order valence-corrected chi connectivity index (χ4v) is 18.1. The Labute approximate surface area is 668 Å². The zero-order chi connectivity index (χ0) is 80.5. The number of rotatable bonds is 17. The van der Waals surface area contributed by atoms with Gasteiger partial charge < -0.3 is 36.8 Å². The summed E-state index contributed by atoms with van der Waals surface area (Å²) in [5, 5.41) is 19.7.